The van der Waals surface area contributed by atoms with Gasteiger partial charge in [0.15, 0.2) is 0 Å². The average Bonchev–Trinajstić information content (AvgIpc) is 2.97. The Morgan fingerprint density at radius 1 is 0.714 bits per heavy atom. The molecule has 0 aliphatic heterocycles. The van der Waals surface area contributed by atoms with Crippen LogP contribution in [0.4, 0.5) is 30.7 Å². The van der Waals surface area contributed by atoms with Gasteiger partial charge in [0.1, 0.15) is 22.3 Å². The Balaban J connectivity index is 1.62. The van der Waals surface area contributed by atoms with Gasteiger partial charge >= 0.3 is 10.1 Å². The number of aromatic nitrogens is 1. The molecule has 5 aromatic rings. The Kier molecular flexibility index (Phi) is 7.18. The molecular formula is C28H14F7NO5S. The van der Waals surface area contributed by atoms with Crippen molar-refractivity contribution in [1.82, 2.24) is 4.57 Å². The minimum absolute atomic E-state index is 0.0108. The van der Waals surface area contributed by atoms with Crippen molar-refractivity contribution in [1.29, 1.82) is 0 Å². The zero-order chi connectivity index (χ0) is 30.5. The topological polar surface area (TPSA) is 74.6 Å². The zero-order valence-electron chi connectivity index (χ0n) is 20.9. The molecule has 0 bridgehead atoms. The van der Waals surface area contributed by atoms with Crippen molar-refractivity contribution in [3.8, 4) is 28.3 Å². The van der Waals surface area contributed by atoms with Crippen molar-refractivity contribution in [2.24, 2.45) is 0 Å². The molecule has 42 heavy (non-hydrogen) atoms. The van der Waals surface area contributed by atoms with Gasteiger partial charge in [0.2, 0.25) is 34.8 Å². The predicted molar refractivity (Wildman–Crippen MR) is 135 cm³/mol. The van der Waals surface area contributed by atoms with Crippen LogP contribution in [-0.2, 0) is 10.1 Å². The number of hydrogen-bond donors (Lipinski definition) is 0. The first kappa shape index (κ1) is 28.7. The molecule has 0 unspecified atom stereocenters. The van der Waals surface area contributed by atoms with Crippen molar-refractivity contribution < 1.29 is 48.1 Å². The van der Waals surface area contributed by atoms with Gasteiger partial charge in [-0.25, -0.2) is 22.0 Å². The minimum Gasteiger partial charge on any atom is -0.495 e. The van der Waals surface area contributed by atoms with Crippen molar-refractivity contribution in [3.05, 3.63) is 118 Å². The summed E-state index contributed by atoms with van der Waals surface area (Å²) in [4.78, 5) is 12.1. The number of methoxy groups -OCH3 is 1. The Bertz CT molecular complexity index is 2030. The Hall–Kier alpha value is -4.85. The molecule has 0 aliphatic carbocycles. The van der Waals surface area contributed by atoms with Crippen LogP contribution in [0.3, 0.4) is 0 Å². The summed E-state index contributed by atoms with van der Waals surface area (Å²) in [5.74, 6) is -15.7. The van der Waals surface area contributed by atoms with Crippen LogP contribution in [0, 0.1) is 40.7 Å². The fourth-order valence-electron chi connectivity index (χ4n) is 4.18. The summed E-state index contributed by atoms with van der Waals surface area (Å²) in [5.41, 5.74) is -0.423. The van der Waals surface area contributed by atoms with E-state index in [2.05, 4.69) is 4.18 Å². The fraction of sp³-hybridized carbons (Fsp3) is 0.0357. The molecule has 0 spiro atoms. The van der Waals surface area contributed by atoms with Gasteiger partial charge in [-0.3, -0.25) is 9.36 Å². The number of pyridine rings is 1. The molecule has 0 amide bonds. The molecule has 4 aromatic carbocycles. The maximum atomic E-state index is 15.2. The Morgan fingerprint density at radius 3 is 1.95 bits per heavy atom. The number of ether oxygens (including phenoxy) is 1. The highest BCUT2D eigenvalue weighted by molar-refractivity contribution is 7.87. The molecule has 0 radical (unpaired) electrons. The molecule has 0 atom stereocenters. The molecule has 0 saturated carbocycles. The SMILES string of the molecule is COc1cc(-c2ccc(F)cc2)c(F)cc1-n1c(=O)ccc2cc(S(=O)(=O)Oc3c(F)c(F)c(F)c(F)c3F)ccc21. The van der Waals surface area contributed by atoms with E-state index in [4.69, 9.17) is 4.74 Å². The van der Waals surface area contributed by atoms with Gasteiger partial charge in [0.05, 0.1) is 18.3 Å². The number of rotatable bonds is 6. The van der Waals surface area contributed by atoms with E-state index in [1.807, 2.05) is 0 Å². The van der Waals surface area contributed by atoms with Crippen LogP contribution in [-0.4, -0.2) is 20.1 Å². The average molecular weight is 609 g/mol. The Labute approximate surface area is 231 Å². The molecule has 5 rings (SSSR count). The van der Waals surface area contributed by atoms with Crippen molar-refractivity contribution in [2.75, 3.05) is 7.11 Å². The lowest BCUT2D eigenvalue weighted by molar-refractivity contribution is 0.346. The van der Waals surface area contributed by atoms with Crippen LogP contribution in [0.5, 0.6) is 11.5 Å². The second-order valence-electron chi connectivity index (χ2n) is 8.67. The lowest BCUT2D eigenvalue weighted by atomic mass is 10.0. The van der Waals surface area contributed by atoms with Crippen molar-refractivity contribution in [3.63, 3.8) is 0 Å². The van der Waals surface area contributed by atoms with Gasteiger partial charge in [0.25, 0.3) is 5.56 Å². The van der Waals surface area contributed by atoms with Crippen LogP contribution < -0.4 is 14.5 Å². The van der Waals surface area contributed by atoms with E-state index in [1.54, 1.807) is 0 Å². The van der Waals surface area contributed by atoms with E-state index in [1.165, 1.54) is 31.4 Å². The molecule has 0 fully saturated rings. The summed E-state index contributed by atoms with van der Waals surface area (Å²) in [6.07, 6.45) is 0. The molecule has 0 N–H and O–H groups in total. The molecule has 1 heterocycles. The maximum Gasteiger partial charge on any atom is 0.339 e. The van der Waals surface area contributed by atoms with E-state index in [9.17, 15) is 39.6 Å². The third-order valence-electron chi connectivity index (χ3n) is 6.18. The number of fused-ring (bicyclic) bond motifs is 1. The highest BCUT2D eigenvalue weighted by Crippen LogP contribution is 2.35. The first-order valence-electron chi connectivity index (χ1n) is 11.6. The van der Waals surface area contributed by atoms with Gasteiger partial charge in [-0.15, -0.1) is 0 Å². The number of nitrogens with zero attached hydrogens (tertiary/aromatic N) is 1. The van der Waals surface area contributed by atoms with E-state index < -0.39 is 67.0 Å². The summed E-state index contributed by atoms with van der Waals surface area (Å²) in [6.45, 7) is 0. The van der Waals surface area contributed by atoms with Gasteiger partial charge in [-0.05, 0) is 48.0 Å². The predicted octanol–water partition coefficient (Wildman–Crippen LogP) is 6.41. The summed E-state index contributed by atoms with van der Waals surface area (Å²) < 4.78 is 133. The lowest BCUT2D eigenvalue weighted by Gasteiger charge is -2.16. The molecule has 216 valence electrons. The van der Waals surface area contributed by atoms with Gasteiger partial charge in [-0.2, -0.15) is 17.2 Å². The standard InChI is InChI=1S/C28H14F7NO5S/c1-40-21-11-17(13-2-5-15(29)6-3-13)18(30)12-20(21)36-19-8-7-16(10-14(19)4-9-22(36)37)42(38,39)41-28-26(34)24(32)23(31)25(33)27(28)35/h2-12H,1H3. The summed E-state index contributed by atoms with van der Waals surface area (Å²) in [7, 11) is -3.92. The summed E-state index contributed by atoms with van der Waals surface area (Å²) in [5, 5.41) is 0.0155. The van der Waals surface area contributed by atoms with Crippen LogP contribution in [0.1, 0.15) is 0 Å². The third kappa shape index (κ3) is 4.83. The van der Waals surface area contributed by atoms with Crippen LogP contribution >= 0.6 is 0 Å². The highest BCUT2D eigenvalue weighted by Gasteiger charge is 2.31. The van der Waals surface area contributed by atoms with Crippen LogP contribution in [0.15, 0.2) is 76.4 Å². The van der Waals surface area contributed by atoms with Gasteiger partial charge < -0.3 is 8.92 Å². The minimum atomic E-state index is -5.18. The summed E-state index contributed by atoms with van der Waals surface area (Å²) in [6, 6.07) is 12.2. The third-order valence-corrected chi connectivity index (χ3v) is 7.40. The highest BCUT2D eigenvalue weighted by atomic mass is 32.2. The molecule has 0 saturated heterocycles. The van der Waals surface area contributed by atoms with Crippen LogP contribution in [0.25, 0.3) is 27.7 Å². The quantitative estimate of drug-likeness (QED) is 0.0964. The first-order valence-corrected chi connectivity index (χ1v) is 13.0. The van der Waals surface area contributed by atoms with E-state index in [-0.39, 0.29) is 27.9 Å². The summed E-state index contributed by atoms with van der Waals surface area (Å²) >= 11 is 0. The molecule has 1 aromatic heterocycles. The largest absolute Gasteiger partial charge is 0.495 e. The normalized spacial score (nSPS) is 11.6. The van der Waals surface area contributed by atoms with Gasteiger partial charge in [0, 0.05) is 23.1 Å². The zero-order valence-corrected chi connectivity index (χ0v) is 21.7. The number of hydrogen-bond acceptors (Lipinski definition) is 5. The number of benzene rings is 4. The van der Waals surface area contributed by atoms with Crippen molar-refractivity contribution in [2.45, 2.75) is 4.90 Å². The number of halogens is 7. The second-order valence-corrected chi connectivity index (χ2v) is 10.2. The van der Waals surface area contributed by atoms with E-state index >= 15 is 4.39 Å². The fourth-order valence-corrected chi connectivity index (χ4v) is 5.14. The Morgan fingerprint density at radius 2 is 1.33 bits per heavy atom. The lowest BCUT2D eigenvalue weighted by Crippen LogP contribution is -2.19. The second kappa shape index (κ2) is 10.5. The van der Waals surface area contributed by atoms with E-state index in [0.29, 0.717) is 5.56 Å². The molecule has 6 nitrogen and oxygen atoms in total. The van der Waals surface area contributed by atoms with Crippen molar-refractivity contribution >= 4 is 21.0 Å². The van der Waals surface area contributed by atoms with Crippen LogP contribution in [0.2, 0.25) is 0 Å². The van der Waals surface area contributed by atoms with Gasteiger partial charge in [-0.1, -0.05) is 12.1 Å². The monoisotopic (exact) mass is 609 g/mol. The van der Waals surface area contributed by atoms with E-state index in [0.717, 1.165) is 47.0 Å². The molecular weight excluding hydrogens is 595 g/mol. The molecule has 0 aliphatic rings. The first-order chi connectivity index (χ1) is 19.8. The molecule has 14 heteroatoms. The smallest absolute Gasteiger partial charge is 0.339 e. The maximum absolute atomic E-state index is 15.2.